The zero-order chi connectivity index (χ0) is 13.7. The maximum absolute atomic E-state index is 8.92. The summed E-state index contributed by atoms with van der Waals surface area (Å²) < 4.78 is 0. The quantitative estimate of drug-likeness (QED) is 0.925. The Hall–Kier alpha value is -2.63. The minimum absolute atomic E-state index is 0.160. The number of hydrogen-bond donors (Lipinski definition) is 1. The highest BCUT2D eigenvalue weighted by Gasteiger charge is 2.06. The predicted molar refractivity (Wildman–Crippen MR) is 70.2 cm³/mol. The fraction of sp³-hybridized carbons (Fsp3) is 0.0769. The van der Waals surface area contributed by atoms with Crippen molar-refractivity contribution < 1.29 is 0 Å². The van der Waals surface area contributed by atoms with Crippen LogP contribution in [-0.4, -0.2) is 9.97 Å². The molecule has 0 bridgehead atoms. The fourth-order valence-electron chi connectivity index (χ4n) is 1.44. The molecule has 0 saturated heterocycles. The Morgan fingerprint density at radius 1 is 1.16 bits per heavy atom. The molecule has 2 rings (SSSR count). The molecule has 0 spiro atoms. The summed E-state index contributed by atoms with van der Waals surface area (Å²) >= 11 is 5.79. The summed E-state index contributed by atoms with van der Waals surface area (Å²) in [4.78, 5) is 7.88. The number of hydrogen-bond acceptors (Lipinski definition) is 5. The van der Waals surface area contributed by atoms with Gasteiger partial charge in [0.15, 0.2) is 17.2 Å². The summed E-state index contributed by atoms with van der Waals surface area (Å²) in [7, 11) is 0. The van der Waals surface area contributed by atoms with Crippen molar-refractivity contribution in [1.29, 1.82) is 10.5 Å². The van der Waals surface area contributed by atoms with Crippen LogP contribution in [0.15, 0.2) is 30.5 Å². The normalized spacial score (nSPS) is 9.42. The first kappa shape index (κ1) is 12.8. The van der Waals surface area contributed by atoms with E-state index in [2.05, 4.69) is 15.3 Å². The molecule has 0 atom stereocenters. The third-order valence-corrected chi connectivity index (χ3v) is 2.62. The number of aromatic nitrogens is 2. The fourth-order valence-corrected chi connectivity index (χ4v) is 1.56. The molecule has 0 aliphatic heterocycles. The number of halogens is 1. The van der Waals surface area contributed by atoms with Gasteiger partial charge >= 0.3 is 0 Å². The highest BCUT2D eigenvalue weighted by atomic mass is 35.5. The molecule has 19 heavy (non-hydrogen) atoms. The van der Waals surface area contributed by atoms with Gasteiger partial charge in [-0.25, -0.2) is 9.97 Å². The van der Waals surface area contributed by atoms with Gasteiger partial charge in [0.05, 0.1) is 6.20 Å². The highest BCUT2D eigenvalue weighted by Crippen LogP contribution is 2.13. The van der Waals surface area contributed by atoms with Crippen molar-refractivity contribution in [3.63, 3.8) is 0 Å². The lowest BCUT2D eigenvalue weighted by atomic mass is 10.2. The molecule has 5 nitrogen and oxygen atoms in total. The molecular formula is C13H8ClN5. The van der Waals surface area contributed by atoms with Gasteiger partial charge < -0.3 is 5.32 Å². The Morgan fingerprint density at radius 3 is 2.53 bits per heavy atom. The van der Waals surface area contributed by atoms with Crippen molar-refractivity contribution in [1.82, 2.24) is 9.97 Å². The highest BCUT2D eigenvalue weighted by molar-refractivity contribution is 6.30. The number of benzene rings is 1. The maximum Gasteiger partial charge on any atom is 0.183 e. The molecule has 0 saturated carbocycles. The van der Waals surface area contributed by atoms with Gasteiger partial charge in [-0.15, -0.1) is 0 Å². The van der Waals surface area contributed by atoms with Crippen molar-refractivity contribution in [2.24, 2.45) is 0 Å². The maximum atomic E-state index is 8.92. The second kappa shape index (κ2) is 5.81. The van der Waals surface area contributed by atoms with E-state index in [0.29, 0.717) is 17.4 Å². The molecule has 0 amide bonds. The molecule has 6 heteroatoms. The standard InChI is InChI=1S/C13H8ClN5/c14-10-3-1-9(2-4-10)7-18-13-12(6-16)17-8-11(5-15)19-13/h1-4,8H,7H2,(H,18,19). The molecule has 0 radical (unpaired) electrons. The van der Waals surface area contributed by atoms with Gasteiger partial charge in [0.2, 0.25) is 0 Å². The van der Waals surface area contributed by atoms with Gasteiger partial charge in [-0.2, -0.15) is 10.5 Å². The van der Waals surface area contributed by atoms with Gasteiger partial charge in [-0.05, 0) is 17.7 Å². The van der Waals surface area contributed by atoms with Crippen LogP contribution in [0.2, 0.25) is 5.02 Å². The van der Waals surface area contributed by atoms with Crippen LogP contribution >= 0.6 is 11.6 Å². The SMILES string of the molecule is N#Cc1cnc(C#N)c(NCc2ccc(Cl)cc2)n1. The molecule has 0 unspecified atom stereocenters. The van der Waals surface area contributed by atoms with E-state index in [1.165, 1.54) is 6.20 Å². The van der Waals surface area contributed by atoms with E-state index in [9.17, 15) is 0 Å². The van der Waals surface area contributed by atoms with Crippen LogP contribution in [0.3, 0.4) is 0 Å². The van der Waals surface area contributed by atoms with E-state index in [4.69, 9.17) is 22.1 Å². The van der Waals surface area contributed by atoms with Crippen molar-refractivity contribution in [2.45, 2.75) is 6.54 Å². The van der Waals surface area contributed by atoms with Crippen LogP contribution < -0.4 is 5.32 Å². The van der Waals surface area contributed by atoms with E-state index in [-0.39, 0.29) is 11.4 Å². The number of nitrogens with one attached hydrogen (secondary N) is 1. The van der Waals surface area contributed by atoms with E-state index >= 15 is 0 Å². The van der Waals surface area contributed by atoms with Crippen LogP contribution in [0, 0.1) is 22.7 Å². The minimum atomic E-state index is 0.160. The van der Waals surface area contributed by atoms with E-state index in [0.717, 1.165) is 5.56 Å². The molecule has 92 valence electrons. The average Bonchev–Trinajstić information content (AvgIpc) is 2.46. The second-order valence-corrected chi connectivity index (χ2v) is 4.09. The number of anilines is 1. The molecule has 0 fully saturated rings. The first-order valence-corrected chi connectivity index (χ1v) is 5.76. The first-order valence-electron chi connectivity index (χ1n) is 5.38. The van der Waals surface area contributed by atoms with Gasteiger partial charge in [0.1, 0.15) is 12.1 Å². The number of nitrogens with zero attached hydrogens (tertiary/aromatic N) is 4. The van der Waals surface area contributed by atoms with E-state index < -0.39 is 0 Å². The molecule has 0 aliphatic rings. The minimum Gasteiger partial charge on any atom is -0.364 e. The third kappa shape index (κ3) is 3.19. The van der Waals surface area contributed by atoms with Crippen LogP contribution in [0.4, 0.5) is 5.82 Å². The van der Waals surface area contributed by atoms with Gasteiger partial charge in [0, 0.05) is 11.6 Å². The van der Waals surface area contributed by atoms with Crippen LogP contribution in [0.25, 0.3) is 0 Å². The van der Waals surface area contributed by atoms with E-state index in [1.54, 1.807) is 12.1 Å². The third-order valence-electron chi connectivity index (χ3n) is 2.37. The van der Waals surface area contributed by atoms with Crippen LogP contribution in [0.1, 0.15) is 17.0 Å². The lowest BCUT2D eigenvalue weighted by molar-refractivity contribution is 1.06. The molecule has 2 aromatic rings. The van der Waals surface area contributed by atoms with Crippen LogP contribution in [-0.2, 0) is 6.54 Å². The topological polar surface area (TPSA) is 85.4 Å². The second-order valence-electron chi connectivity index (χ2n) is 3.66. The van der Waals surface area contributed by atoms with Crippen molar-refractivity contribution in [2.75, 3.05) is 5.32 Å². The van der Waals surface area contributed by atoms with Crippen molar-refractivity contribution >= 4 is 17.4 Å². The molecule has 0 aliphatic carbocycles. The average molecular weight is 270 g/mol. The molecular weight excluding hydrogens is 262 g/mol. The summed E-state index contributed by atoms with van der Waals surface area (Å²) in [5.74, 6) is 0.302. The summed E-state index contributed by atoms with van der Waals surface area (Å²) in [5.41, 5.74) is 1.31. The predicted octanol–water partition coefficient (Wildman–Crippen LogP) is 2.49. The number of rotatable bonds is 3. The molecule has 1 N–H and O–H groups in total. The van der Waals surface area contributed by atoms with E-state index in [1.807, 2.05) is 24.3 Å². The lowest BCUT2D eigenvalue weighted by Crippen LogP contribution is -2.05. The van der Waals surface area contributed by atoms with Gasteiger partial charge in [-0.1, -0.05) is 23.7 Å². The van der Waals surface area contributed by atoms with Crippen LogP contribution in [0.5, 0.6) is 0 Å². The molecule has 1 aromatic carbocycles. The Kier molecular flexibility index (Phi) is 3.92. The van der Waals surface area contributed by atoms with Gasteiger partial charge in [-0.3, -0.25) is 0 Å². The Labute approximate surface area is 115 Å². The van der Waals surface area contributed by atoms with Crippen molar-refractivity contribution in [3.8, 4) is 12.1 Å². The summed E-state index contributed by atoms with van der Waals surface area (Å²) in [5, 5.41) is 21.3. The largest absolute Gasteiger partial charge is 0.364 e. The summed E-state index contributed by atoms with van der Waals surface area (Å²) in [6, 6.07) is 11.1. The summed E-state index contributed by atoms with van der Waals surface area (Å²) in [6.07, 6.45) is 1.27. The zero-order valence-corrected chi connectivity index (χ0v) is 10.5. The molecule has 1 heterocycles. The van der Waals surface area contributed by atoms with Crippen molar-refractivity contribution in [3.05, 3.63) is 52.4 Å². The van der Waals surface area contributed by atoms with Gasteiger partial charge in [0.25, 0.3) is 0 Å². The smallest absolute Gasteiger partial charge is 0.183 e. The summed E-state index contributed by atoms with van der Waals surface area (Å²) in [6.45, 7) is 0.468. The zero-order valence-electron chi connectivity index (χ0n) is 9.76. The first-order chi connectivity index (χ1) is 9.22. The molecule has 1 aromatic heterocycles. The lowest BCUT2D eigenvalue weighted by Gasteiger charge is -2.06. The number of nitriles is 2. The Balaban J connectivity index is 2.17. The monoisotopic (exact) mass is 269 g/mol. The Morgan fingerprint density at radius 2 is 1.89 bits per heavy atom. The Bertz CT molecular complexity index is 667.